The Bertz CT molecular complexity index is 629. The largest absolute Gasteiger partial charge is 0.339 e. The van der Waals surface area contributed by atoms with Gasteiger partial charge in [-0.2, -0.15) is 0 Å². The lowest BCUT2D eigenvalue weighted by molar-refractivity contribution is -0.138. The maximum atomic E-state index is 12.7. The van der Waals surface area contributed by atoms with Gasteiger partial charge in [0.25, 0.3) is 5.91 Å². The van der Waals surface area contributed by atoms with Crippen LogP contribution in [-0.2, 0) is 9.59 Å². The molecule has 1 atom stereocenters. The van der Waals surface area contributed by atoms with Gasteiger partial charge in [0.15, 0.2) is 0 Å². The Morgan fingerprint density at radius 1 is 1.15 bits per heavy atom. The van der Waals surface area contributed by atoms with E-state index >= 15 is 0 Å². The molecule has 0 bridgehead atoms. The number of rotatable bonds is 6. The predicted molar refractivity (Wildman–Crippen MR) is 96.3 cm³/mol. The maximum absolute atomic E-state index is 12.7. The van der Waals surface area contributed by atoms with Crippen molar-refractivity contribution >= 4 is 17.7 Å². The molecule has 8 nitrogen and oxygen atoms in total. The minimum absolute atomic E-state index is 0.00636. The first-order valence-corrected chi connectivity index (χ1v) is 9.04. The molecule has 2 heterocycles. The van der Waals surface area contributed by atoms with E-state index < -0.39 is 0 Å². The van der Waals surface area contributed by atoms with Crippen molar-refractivity contribution in [3.63, 3.8) is 0 Å². The van der Waals surface area contributed by atoms with Crippen molar-refractivity contribution in [3.05, 3.63) is 24.3 Å². The molecule has 0 aromatic carbocycles. The van der Waals surface area contributed by atoms with Crippen LogP contribution in [0.2, 0.25) is 0 Å². The van der Waals surface area contributed by atoms with E-state index in [0.29, 0.717) is 32.7 Å². The number of carbonyl (C=O) groups excluding carboxylic acids is 3. The zero-order valence-electron chi connectivity index (χ0n) is 15.7. The lowest BCUT2D eigenvalue weighted by Gasteiger charge is -2.35. The molecule has 0 saturated carbocycles. The smallest absolute Gasteiger partial charge is 0.274 e. The fourth-order valence-electron chi connectivity index (χ4n) is 2.94. The lowest BCUT2D eigenvalue weighted by Crippen LogP contribution is -2.50. The van der Waals surface area contributed by atoms with Crippen LogP contribution in [0.15, 0.2) is 18.6 Å². The van der Waals surface area contributed by atoms with Gasteiger partial charge in [-0.15, -0.1) is 0 Å². The van der Waals surface area contributed by atoms with Gasteiger partial charge in [-0.05, 0) is 13.3 Å². The molecule has 0 N–H and O–H groups in total. The summed E-state index contributed by atoms with van der Waals surface area (Å²) in [5, 5.41) is 0. The van der Waals surface area contributed by atoms with Gasteiger partial charge in [-0.25, -0.2) is 4.98 Å². The quantitative estimate of drug-likeness (QED) is 0.748. The van der Waals surface area contributed by atoms with E-state index in [1.165, 1.54) is 18.6 Å². The average molecular weight is 361 g/mol. The highest BCUT2D eigenvalue weighted by Gasteiger charge is 2.25. The number of hydrogen-bond donors (Lipinski definition) is 0. The molecular weight excluding hydrogens is 334 g/mol. The molecule has 2 rings (SSSR count). The zero-order chi connectivity index (χ0) is 19.1. The summed E-state index contributed by atoms with van der Waals surface area (Å²) in [5.41, 5.74) is 0.287. The van der Waals surface area contributed by atoms with Crippen LogP contribution in [0.3, 0.4) is 0 Å². The van der Waals surface area contributed by atoms with Crippen LogP contribution < -0.4 is 0 Å². The number of carbonyl (C=O) groups is 3. The minimum Gasteiger partial charge on any atom is -0.339 e. The Kier molecular flexibility index (Phi) is 7.06. The van der Waals surface area contributed by atoms with Gasteiger partial charge in [0.1, 0.15) is 5.69 Å². The van der Waals surface area contributed by atoms with Gasteiger partial charge in [-0.1, -0.05) is 6.92 Å². The Morgan fingerprint density at radius 3 is 2.35 bits per heavy atom. The molecule has 1 fully saturated rings. The maximum Gasteiger partial charge on any atom is 0.274 e. The Balaban J connectivity index is 1.94. The summed E-state index contributed by atoms with van der Waals surface area (Å²) in [5.74, 6) is -0.162. The molecule has 0 aliphatic carbocycles. The van der Waals surface area contributed by atoms with Gasteiger partial charge >= 0.3 is 0 Å². The van der Waals surface area contributed by atoms with E-state index in [-0.39, 0.29) is 35.9 Å². The molecular formula is C18H27N5O3. The lowest BCUT2D eigenvalue weighted by atomic mass is 10.2. The van der Waals surface area contributed by atoms with Crippen LogP contribution in [0.25, 0.3) is 0 Å². The standard InChI is InChI=1S/C18H27N5O3/c1-4-14(2)23(18(26)16-13-19-6-7-20-16)8-5-17(25)22-11-9-21(10-12-22)15(3)24/h6-7,13-14H,4-5,8-12H2,1-3H3/t14-/m1/s1. The summed E-state index contributed by atoms with van der Waals surface area (Å²) in [6.45, 7) is 8.06. The molecule has 3 amide bonds. The molecule has 8 heteroatoms. The van der Waals surface area contributed by atoms with Crippen molar-refractivity contribution in [3.8, 4) is 0 Å². The van der Waals surface area contributed by atoms with Gasteiger partial charge in [0.05, 0.1) is 6.20 Å². The highest BCUT2D eigenvalue weighted by atomic mass is 16.2. The molecule has 1 aromatic heterocycles. The number of nitrogens with zero attached hydrogens (tertiary/aromatic N) is 5. The Labute approximate surface area is 154 Å². The van der Waals surface area contributed by atoms with E-state index in [1.807, 2.05) is 13.8 Å². The predicted octanol–water partition coefficient (Wildman–Crippen LogP) is 0.798. The highest BCUT2D eigenvalue weighted by Crippen LogP contribution is 2.11. The van der Waals surface area contributed by atoms with E-state index in [9.17, 15) is 14.4 Å². The van der Waals surface area contributed by atoms with Crippen LogP contribution >= 0.6 is 0 Å². The molecule has 1 saturated heterocycles. The third-order valence-electron chi connectivity index (χ3n) is 4.81. The Hall–Kier alpha value is -2.51. The van der Waals surface area contributed by atoms with Gasteiger partial charge < -0.3 is 14.7 Å². The summed E-state index contributed by atoms with van der Waals surface area (Å²) in [4.78, 5) is 49.8. The first-order chi connectivity index (χ1) is 12.4. The molecule has 142 valence electrons. The second-order valence-electron chi connectivity index (χ2n) is 6.48. The molecule has 1 aliphatic rings. The monoisotopic (exact) mass is 361 g/mol. The van der Waals surface area contributed by atoms with Crippen molar-refractivity contribution in [2.75, 3.05) is 32.7 Å². The fourth-order valence-corrected chi connectivity index (χ4v) is 2.94. The summed E-state index contributed by atoms with van der Waals surface area (Å²) in [6.07, 6.45) is 5.50. The van der Waals surface area contributed by atoms with Crippen molar-refractivity contribution < 1.29 is 14.4 Å². The summed E-state index contributed by atoms with van der Waals surface area (Å²) in [6, 6.07) is 0.00636. The summed E-state index contributed by atoms with van der Waals surface area (Å²) >= 11 is 0. The van der Waals surface area contributed by atoms with Gasteiger partial charge in [0.2, 0.25) is 11.8 Å². The second-order valence-corrected chi connectivity index (χ2v) is 6.48. The van der Waals surface area contributed by atoms with Crippen LogP contribution in [-0.4, -0.2) is 81.2 Å². The topological polar surface area (TPSA) is 86.7 Å². The van der Waals surface area contributed by atoms with Crippen molar-refractivity contribution in [1.29, 1.82) is 0 Å². The van der Waals surface area contributed by atoms with Crippen molar-refractivity contribution in [1.82, 2.24) is 24.7 Å². The number of hydrogen-bond acceptors (Lipinski definition) is 5. The van der Waals surface area contributed by atoms with Crippen molar-refractivity contribution in [2.45, 2.75) is 39.7 Å². The van der Waals surface area contributed by atoms with E-state index in [4.69, 9.17) is 0 Å². The number of aromatic nitrogens is 2. The third kappa shape index (κ3) is 5.00. The molecule has 0 spiro atoms. The van der Waals surface area contributed by atoms with E-state index in [0.717, 1.165) is 6.42 Å². The zero-order valence-corrected chi connectivity index (χ0v) is 15.7. The Morgan fingerprint density at radius 2 is 1.81 bits per heavy atom. The normalized spacial score (nSPS) is 15.5. The first kappa shape index (κ1) is 19.8. The SMILES string of the molecule is CC[C@@H](C)N(CCC(=O)N1CCN(C(C)=O)CC1)C(=O)c1cnccn1. The summed E-state index contributed by atoms with van der Waals surface area (Å²) < 4.78 is 0. The van der Waals surface area contributed by atoms with Crippen LogP contribution in [0, 0.1) is 0 Å². The average Bonchev–Trinajstić information content (AvgIpc) is 2.68. The number of piperazine rings is 1. The molecule has 26 heavy (non-hydrogen) atoms. The van der Waals surface area contributed by atoms with E-state index in [2.05, 4.69) is 9.97 Å². The molecule has 0 radical (unpaired) electrons. The second kappa shape index (κ2) is 9.26. The van der Waals surface area contributed by atoms with Crippen LogP contribution in [0.5, 0.6) is 0 Å². The molecule has 0 unspecified atom stereocenters. The first-order valence-electron chi connectivity index (χ1n) is 9.04. The van der Waals surface area contributed by atoms with Crippen LogP contribution in [0.1, 0.15) is 44.1 Å². The van der Waals surface area contributed by atoms with Crippen LogP contribution in [0.4, 0.5) is 0 Å². The molecule has 1 aliphatic heterocycles. The minimum atomic E-state index is -0.207. The molecule has 1 aromatic rings. The van der Waals surface area contributed by atoms with Gasteiger partial charge in [-0.3, -0.25) is 19.4 Å². The van der Waals surface area contributed by atoms with Crippen molar-refractivity contribution in [2.24, 2.45) is 0 Å². The van der Waals surface area contributed by atoms with Gasteiger partial charge in [0, 0.05) is 64.5 Å². The highest BCUT2D eigenvalue weighted by molar-refractivity contribution is 5.92. The third-order valence-corrected chi connectivity index (χ3v) is 4.81. The number of amides is 3. The van der Waals surface area contributed by atoms with E-state index in [1.54, 1.807) is 21.6 Å². The fraction of sp³-hybridized carbons (Fsp3) is 0.611. The summed E-state index contributed by atoms with van der Waals surface area (Å²) in [7, 11) is 0.